The van der Waals surface area contributed by atoms with E-state index in [9.17, 15) is 14.4 Å². The molecule has 3 saturated heterocycles. The summed E-state index contributed by atoms with van der Waals surface area (Å²) in [5.74, 6) is -1.55. The van der Waals surface area contributed by atoms with Gasteiger partial charge in [0, 0.05) is 70.0 Å². The van der Waals surface area contributed by atoms with Crippen LogP contribution in [0.3, 0.4) is 0 Å². The van der Waals surface area contributed by atoms with Crippen LogP contribution in [0.15, 0.2) is 36.4 Å². The standard InChI is InChI=1S/C28H32FN5O3/c29-23-16-22-20(18-34(28(22)37)24-7-8-26(35)30-27(24)36)15-25(23)33-13-11-31(12-14-33)17-19-3-5-21(6-4-19)32-9-1-2-10-32/h3-6,15-16,24H,1-2,7-14,17-18H2,(H,30,35,36). The highest BCUT2D eigenvalue weighted by Crippen LogP contribution is 2.33. The molecule has 0 aliphatic carbocycles. The van der Waals surface area contributed by atoms with Gasteiger partial charge in [-0.05, 0) is 54.7 Å². The monoisotopic (exact) mass is 505 g/mol. The summed E-state index contributed by atoms with van der Waals surface area (Å²) >= 11 is 0. The Morgan fingerprint density at radius 3 is 2.32 bits per heavy atom. The van der Waals surface area contributed by atoms with Crippen LogP contribution >= 0.6 is 0 Å². The molecule has 4 aliphatic heterocycles. The number of nitrogens with zero attached hydrogens (tertiary/aromatic N) is 4. The molecule has 4 aliphatic rings. The van der Waals surface area contributed by atoms with Gasteiger partial charge in [-0.1, -0.05) is 12.1 Å². The Balaban J connectivity index is 1.08. The van der Waals surface area contributed by atoms with Gasteiger partial charge in [-0.3, -0.25) is 24.6 Å². The van der Waals surface area contributed by atoms with Crippen molar-refractivity contribution in [2.45, 2.75) is 44.8 Å². The number of amides is 3. The molecule has 4 heterocycles. The third kappa shape index (κ3) is 4.68. The maximum absolute atomic E-state index is 15.2. The number of anilines is 2. The second-order valence-electron chi connectivity index (χ2n) is 10.5. The quantitative estimate of drug-likeness (QED) is 0.630. The Kier molecular flexibility index (Phi) is 6.32. The summed E-state index contributed by atoms with van der Waals surface area (Å²) in [4.78, 5) is 45.1. The normalized spacial score (nSPS) is 22.6. The first kappa shape index (κ1) is 23.9. The molecule has 2 aromatic rings. The number of rotatable bonds is 5. The SMILES string of the molecule is O=C1CCC(N2Cc3cc(N4CCN(Cc5ccc(N6CCCC6)cc5)CC4)c(F)cc3C2=O)C(=O)N1. The number of hydrogen-bond donors (Lipinski definition) is 1. The van der Waals surface area contributed by atoms with Crippen LogP contribution < -0.4 is 15.1 Å². The number of fused-ring (bicyclic) bond motifs is 1. The van der Waals surface area contributed by atoms with Crippen molar-refractivity contribution >= 4 is 29.1 Å². The van der Waals surface area contributed by atoms with Crippen molar-refractivity contribution in [1.29, 1.82) is 0 Å². The number of benzene rings is 2. The number of carbonyl (C=O) groups is 3. The van der Waals surface area contributed by atoms with Gasteiger partial charge >= 0.3 is 0 Å². The molecule has 0 spiro atoms. The molecule has 0 bridgehead atoms. The molecule has 1 unspecified atom stereocenters. The molecule has 0 saturated carbocycles. The number of imide groups is 1. The van der Waals surface area contributed by atoms with E-state index in [0.717, 1.165) is 38.3 Å². The number of halogens is 1. The number of piperidine rings is 1. The van der Waals surface area contributed by atoms with Crippen molar-refractivity contribution in [1.82, 2.24) is 15.1 Å². The third-order valence-electron chi connectivity index (χ3n) is 8.12. The number of piperazine rings is 1. The van der Waals surface area contributed by atoms with Crippen molar-refractivity contribution in [3.63, 3.8) is 0 Å². The predicted octanol–water partition coefficient (Wildman–Crippen LogP) is 2.51. The Morgan fingerprint density at radius 2 is 1.62 bits per heavy atom. The van der Waals surface area contributed by atoms with Crippen LogP contribution in [0.5, 0.6) is 0 Å². The number of hydrogen-bond acceptors (Lipinski definition) is 6. The second kappa shape index (κ2) is 9.78. The van der Waals surface area contributed by atoms with Gasteiger partial charge in [0.15, 0.2) is 0 Å². The van der Waals surface area contributed by atoms with Crippen LogP contribution in [-0.4, -0.2) is 72.8 Å². The van der Waals surface area contributed by atoms with Crippen LogP contribution in [0.2, 0.25) is 0 Å². The van der Waals surface area contributed by atoms with Crippen LogP contribution in [0.4, 0.5) is 15.8 Å². The summed E-state index contributed by atoms with van der Waals surface area (Å²) in [6.07, 6.45) is 3.03. The molecule has 9 heteroatoms. The Morgan fingerprint density at radius 1 is 0.892 bits per heavy atom. The maximum atomic E-state index is 15.2. The molecule has 3 amide bonds. The van der Waals surface area contributed by atoms with Gasteiger partial charge in [-0.25, -0.2) is 4.39 Å². The topological polar surface area (TPSA) is 76.2 Å². The van der Waals surface area contributed by atoms with Gasteiger partial charge in [0.1, 0.15) is 11.9 Å². The largest absolute Gasteiger partial charge is 0.372 e. The Bertz CT molecular complexity index is 1220. The lowest BCUT2D eigenvalue weighted by molar-refractivity contribution is -0.136. The Hall–Kier alpha value is -3.46. The molecule has 8 nitrogen and oxygen atoms in total. The average Bonchev–Trinajstić information content (AvgIpc) is 3.54. The van der Waals surface area contributed by atoms with Gasteiger partial charge in [-0.2, -0.15) is 0 Å². The molecule has 37 heavy (non-hydrogen) atoms. The fourth-order valence-electron chi connectivity index (χ4n) is 6.01. The zero-order chi connectivity index (χ0) is 25.5. The molecule has 1 N–H and O–H groups in total. The van der Waals surface area contributed by atoms with Crippen LogP contribution in [0.25, 0.3) is 0 Å². The zero-order valence-corrected chi connectivity index (χ0v) is 20.9. The van der Waals surface area contributed by atoms with Gasteiger partial charge in [0.25, 0.3) is 5.91 Å². The van der Waals surface area contributed by atoms with E-state index in [2.05, 4.69) is 39.4 Å². The lowest BCUT2D eigenvalue weighted by Crippen LogP contribution is -2.52. The second-order valence-corrected chi connectivity index (χ2v) is 10.5. The molecular formula is C28H32FN5O3. The Labute approximate surface area is 216 Å². The van der Waals surface area contributed by atoms with Crippen molar-refractivity contribution < 1.29 is 18.8 Å². The van der Waals surface area contributed by atoms with Crippen LogP contribution in [-0.2, 0) is 22.7 Å². The minimum Gasteiger partial charge on any atom is -0.372 e. The summed E-state index contributed by atoms with van der Waals surface area (Å²) < 4.78 is 15.2. The summed E-state index contributed by atoms with van der Waals surface area (Å²) in [6, 6.07) is 11.2. The van der Waals surface area contributed by atoms with Crippen molar-refractivity contribution in [2.75, 3.05) is 49.1 Å². The van der Waals surface area contributed by atoms with Crippen LogP contribution in [0, 0.1) is 5.82 Å². The van der Waals surface area contributed by atoms with Gasteiger partial charge < -0.3 is 14.7 Å². The minimum atomic E-state index is -0.697. The van der Waals surface area contributed by atoms with Crippen molar-refractivity contribution in [3.05, 3.63) is 58.9 Å². The smallest absolute Gasteiger partial charge is 0.255 e. The molecule has 2 aromatic carbocycles. The molecule has 6 rings (SSSR count). The lowest BCUT2D eigenvalue weighted by atomic mass is 10.0. The minimum absolute atomic E-state index is 0.197. The zero-order valence-electron chi connectivity index (χ0n) is 20.9. The van der Waals surface area contributed by atoms with E-state index in [0.29, 0.717) is 30.8 Å². The van der Waals surface area contributed by atoms with E-state index < -0.39 is 17.8 Å². The summed E-state index contributed by atoms with van der Waals surface area (Å²) in [5, 5.41) is 2.30. The predicted molar refractivity (Wildman–Crippen MR) is 138 cm³/mol. The highest BCUT2D eigenvalue weighted by atomic mass is 19.1. The van der Waals surface area contributed by atoms with E-state index in [1.165, 1.54) is 35.1 Å². The third-order valence-corrected chi connectivity index (χ3v) is 8.12. The van der Waals surface area contributed by atoms with E-state index >= 15 is 4.39 Å². The van der Waals surface area contributed by atoms with Crippen LogP contribution in [0.1, 0.15) is 47.2 Å². The molecule has 0 aromatic heterocycles. The fraction of sp³-hybridized carbons (Fsp3) is 0.464. The first-order valence-electron chi connectivity index (χ1n) is 13.2. The van der Waals surface area contributed by atoms with E-state index in [1.807, 2.05) is 4.90 Å². The fourth-order valence-corrected chi connectivity index (χ4v) is 6.01. The van der Waals surface area contributed by atoms with E-state index in [4.69, 9.17) is 0 Å². The van der Waals surface area contributed by atoms with E-state index in [1.54, 1.807) is 6.07 Å². The molecule has 3 fully saturated rings. The molecule has 194 valence electrons. The first-order valence-corrected chi connectivity index (χ1v) is 13.2. The van der Waals surface area contributed by atoms with Crippen molar-refractivity contribution in [2.24, 2.45) is 0 Å². The molecule has 0 radical (unpaired) electrons. The summed E-state index contributed by atoms with van der Waals surface area (Å²) in [6.45, 7) is 6.46. The highest BCUT2D eigenvalue weighted by Gasteiger charge is 2.40. The van der Waals surface area contributed by atoms with Gasteiger partial charge in [0.05, 0.1) is 5.69 Å². The first-order chi connectivity index (χ1) is 18.0. The van der Waals surface area contributed by atoms with Gasteiger partial charge in [-0.15, -0.1) is 0 Å². The summed E-state index contributed by atoms with van der Waals surface area (Å²) in [5.41, 5.74) is 4.12. The molecule has 1 atom stereocenters. The lowest BCUT2D eigenvalue weighted by Gasteiger charge is -2.36. The van der Waals surface area contributed by atoms with Crippen molar-refractivity contribution in [3.8, 4) is 0 Å². The number of carbonyl (C=O) groups excluding carboxylic acids is 3. The highest BCUT2D eigenvalue weighted by molar-refractivity contribution is 6.05. The van der Waals surface area contributed by atoms with Gasteiger partial charge in [0.2, 0.25) is 11.8 Å². The number of nitrogens with one attached hydrogen (secondary N) is 1. The maximum Gasteiger partial charge on any atom is 0.255 e. The van der Waals surface area contributed by atoms with E-state index in [-0.39, 0.29) is 24.8 Å². The average molecular weight is 506 g/mol. The summed E-state index contributed by atoms with van der Waals surface area (Å²) in [7, 11) is 0. The molecular weight excluding hydrogens is 473 g/mol.